The van der Waals surface area contributed by atoms with Crippen LogP contribution in [0.4, 0.5) is 0 Å². The fourth-order valence-corrected chi connectivity index (χ4v) is 2.59. The van der Waals surface area contributed by atoms with Crippen LogP contribution in [0.3, 0.4) is 0 Å². The highest BCUT2D eigenvalue weighted by Gasteiger charge is 2.19. The average Bonchev–Trinajstić information content (AvgIpc) is 2.83. The van der Waals surface area contributed by atoms with Gasteiger partial charge in [0.15, 0.2) is 11.5 Å². The van der Waals surface area contributed by atoms with Gasteiger partial charge in [0.05, 0.1) is 14.2 Å². The number of likely N-dealkylation sites (tertiary alicyclic amines) is 1. The summed E-state index contributed by atoms with van der Waals surface area (Å²) < 4.78 is 10.3. The van der Waals surface area contributed by atoms with Gasteiger partial charge in [0, 0.05) is 18.5 Å². The number of hydrazine groups is 1. The molecule has 0 unspecified atom stereocenters. The van der Waals surface area contributed by atoms with Crippen molar-refractivity contribution in [1.82, 2.24) is 15.8 Å². The summed E-state index contributed by atoms with van der Waals surface area (Å²) in [6.07, 6.45) is 3.19. The Kier molecular flexibility index (Phi) is 6.62. The van der Waals surface area contributed by atoms with Gasteiger partial charge in [0.2, 0.25) is 5.91 Å². The molecule has 1 aromatic carbocycles. The predicted molar refractivity (Wildman–Crippen MR) is 90.2 cm³/mol. The molecule has 25 heavy (non-hydrogen) atoms. The van der Waals surface area contributed by atoms with Crippen molar-refractivity contribution in [1.29, 1.82) is 0 Å². The van der Waals surface area contributed by atoms with Crippen molar-refractivity contribution in [2.75, 3.05) is 27.3 Å². The highest BCUT2D eigenvalue weighted by atomic mass is 16.5. The summed E-state index contributed by atoms with van der Waals surface area (Å²) in [6.45, 7) is 0.501. The molecule has 0 aromatic heterocycles. The first-order chi connectivity index (χ1) is 12.0. The Morgan fingerprint density at radius 3 is 2.56 bits per heavy atom. The number of hydrogen-bond donors (Lipinski definition) is 2. The van der Waals surface area contributed by atoms with E-state index in [1.54, 1.807) is 12.1 Å². The third-order valence-corrected chi connectivity index (χ3v) is 3.97. The van der Waals surface area contributed by atoms with Gasteiger partial charge in [-0.3, -0.25) is 25.2 Å². The van der Waals surface area contributed by atoms with Crippen molar-refractivity contribution >= 4 is 17.7 Å². The Labute approximate surface area is 146 Å². The lowest BCUT2D eigenvalue weighted by Crippen LogP contribution is -2.47. The molecule has 0 atom stereocenters. The van der Waals surface area contributed by atoms with E-state index in [0.717, 1.165) is 19.3 Å². The lowest BCUT2D eigenvalue weighted by atomic mass is 10.2. The van der Waals surface area contributed by atoms with Gasteiger partial charge in [0.1, 0.15) is 6.54 Å². The molecule has 1 aliphatic rings. The number of nitrogens with zero attached hydrogens (tertiary/aromatic N) is 1. The van der Waals surface area contributed by atoms with Crippen LogP contribution in [0.15, 0.2) is 18.2 Å². The van der Waals surface area contributed by atoms with E-state index in [4.69, 9.17) is 9.47 Å². The highest BCUT2D eigenvalue weighted by molar-refractivity contribution is 5.96. The molecule has 8 heteroatoms. The Balaban J connectivity index is 1.88. The van der Waals surface area contributed by atoms with Gasteiger partial charge in [-0.2, -0.15) is 0 Å². The monoisotopic (exact) mass is 349 g/mol. The number of ether oxygens (including phenoxy) is 2. The summed E-state index contributed by atoms with van der Waals surface area (Å²) in [5.74, 6) is -0.0427. The Hall–Kier alpha value is -2.77. The maximum absolute atomic E-state index is 12.1. The van der Waals surface area contributed by atoms with Crippen molar-refractivity contribution in [3.05, 3.63) is 23.8 Å². The van der Waals surface area contributed by atoms with E-state index in [1.165, 1.54) is 25.2 Å². The minimum Gasteiger partial charge on any atom is -0.493 e. The molecule has 0 bridgehead atoms. The molecule has 1 saturated heterocycles. The van der Waals surface area contributed by atoms with E-state index in [0.29, 0.717) is 30.0 Å². The minimum atomic E-state index is -0.489. The smallest absolute Gasteiger partial charge is 0.269 e. The van der Waals surface area contributed by atoms with E-state index in [1.807, 2.05) is 0 Å². The van der Waals surface area contributed by atoms with Gasteiger partial charge < -0.3 is 14.4 Å². The van der Waals surface area contributed by atoms with Crippen molar-refractivity contribution in [3.8, 4) is 11.5 Å². The van der Waals surface area contributed by atoms with Crippen LogP contribution >= 0.6 is 0 Å². The zero-order valence-corrected chi connectivity index (χ0v) is 14.5. The van der Waals surface area contributed by atoms with Crippen LogP contribution in [0.1, 0.15) is 36.0 Å². The standard InChI is InChI=1S/C17H23N3O5/c1-24-13-8-7-12(10-14(13)25-2)17(23)19-18-15(21)11-20-9-5-3-4-6-16(20)22/h7-8,10H,3-6,9,11H2,1-2H3,(H,18,21)(H,19,23). The van der Waals surface area contributed by atoms with Crippen LogP contribution in [0.5, 0.6) is 11.5 Å². The fourth-order valence-electron chi connectivity index (χ4n) is 2.59. The summed E-state index contributed by atoms with van der Waals surface area (Å²) in [5, 5.41) is 0. The number of methoxy groups -OCH3 is 2. The van der Waals surface area contributed by atoms with E-state index in [9.17, 15) is 14.4 Å². The zero-order valence-electron chi connectivity index (χ0n) is 14.5. The Morgan fingerprint density at radius 2 is 1.84 bits per heavy atom. The number of carbonyl (C=O) groups is 3. The molecule has 2 rings (SSSR count). The van der Waals surface area contributed by atoms with Crippen LogP contribution in [-0.2, 0) is 9.59 Å². The number of nitrogens with one attached hydrogen (secondary N) is 2. The number of carbonyl (C=O) groups excluding carboxylic acids is 3. The maximum atomic E-state index is 12.1. The lowest BCUT2D eigenvalue weighted by Gasteiger charge is -2.19. The fraction of sp³-hybridized carbons (Fsp3) is 0.471. The largest absolute Gasteiger partial charge is 0.493 e. The quantitative estimate of drug-likeness (QED) is 0.769. The molecular weight excluding hydrogens is 326 g/mol. The molecule has 136 valence electrons. The van der Waals surface area contributed by atoms with E-state index >= 15 is 0 Å². The van der Waals surface area contributed by atoms with Crippen LogP contribution in [-0.4, -0.2) is 49.9 Å². The molecular formula is C17H23N3O5. The van der Waals surface area contributed by atoms with Gasteiger partial charge >= 0.3 is 0 Å². The van der Waals surface area contributed by atoms with E-state index < -0.39 is 11.8 Å². The second kappa shape index (κ2) is 8.91. The van der Waals surface area contributed by atoms with Gasteiger partial charge in [-0.25, -0.2) is 0 Å². The Bertz CT molecular complexity index is 647. The third-order valence-electron chi connectivity index (χ3n) is 3.97. The van der Waals surface area contributed by atoms with Crippen molar-refractivity contribution < 1.29 is 23.9 Å². The third kappa shape index (κ3) is 5.10. The zero-order chi connectivity index (χ0) is 18.2. The molecule has 3 amide bonds. The number of benzene rings is 1. The molecule has 0 aliphatic carbocycles. The molecule has 1 heterocycles. The molecule has 1 aromatic rings. The molecule has 0 saturated carbocycles. The minimum absolute atomic E-state index is 0.0288. The first kappa shape index (κ1) is 18.6. The SMILES string of the molecule is COc1ccc(C(=O)NNC(=O)CN2CCCCCC2=O)cc1OC. The lowest BCUT2D eigenvalue weighted by molar-refractivity contribution is -0.135. The topological polar surface area (TPSA) is 97.0 Å². The molecule has 1 aliphatic heterocycles. The highest BCUT2D eigenvalue weighted by Crippen LogP contribution is 2.27. The predicted octanol–water partition coefficient (Wildman–Crippen LogP) is 0.867. The van der Waals surface area contributed by atoms with E-state index in [2.05, 4.69) is 10.9 Å². The summed E-state index contributed by atoms with van der Waals surface area (Å²) in [7, 11) is 2.97. The first-order valence-electron chi connectivity index (χ1n) is 8.14. The van der Waals surface area contributed by atoms with Crippen LogP contribution in [0.2, 0.25) is 0 Å². The summed E-state index contributed by atoms with van der Waals surface area (Å²) in [6, 6.07) is 4.67. The number of amides is 3. The number of rotatable bonds is 5. The maximum Gasteiger partial charge on any atom is 0.269 e. The van der Waals surface area contributed by atoms with Crippen molar-refractivity contribution in [3.63, 3.8) is 0 Å². The average molecular weight is 349 g/mol. The van der Waals surface area contributed by atoms with Crippen LogP contribution in [0.25, 0.3) is 0 Å². The second-order valence-electron chi connectivity index (χ2n) is 5.70. The second-order valence-corrected chi connectivity index (χ2v) is 5.70. The van der Waals surface area contributed by atoms with E-state index in [-0.39, 0.29) is 12.5 Å². The summed E-state index contributed by atoms with van der Waals surface area (Å²) >= 11 is 0. The molecule has 8 nitrogen and oxygen atoms in total. The van der Waals surface area contributed by atoms with Crippen LogP contribution in [0, 0.1) is 0 Å². The van der Waals surface area contributed by atoms with Crippen molar-refractivity contribution in [2.45, 2.75) is 25.7 Å². The van der Waals surface area contributed by atoms with Gasteiger partial charge in [0.25, 0.3) is 11.8 Å². The van der Waals surface area contributed by atoms with Crippen LogP contribution < -0.4 is 20.3 Å². The van der Waals surface area contributed by atoms with Gasteiger partial charge in [-0.05, 0) is 31.0 Å². The molecule has 0 radical (unpaired) electrons. The van der Waals surface area contributed by atoms with Gasteiger partial charge in [-0.1, -0.05) is 6.42 Å². The van der Waals surface area contributed by atoms with Gasteiger partial charge in [-0.15, -0.1) is 0 Å². The number of hydrogen-bond acceptors (Lipinski definition) is 5. The molecule has 2 N–H and O–H groups in total. The Morgan fingerprint density at radius 1 is 1.08 bits per heavy atom. The molecule has 1 fully saturated rings. The van der Waals surface area contributed by atoms with Crippen molar-refractivity contribution in [2.24, 2.45) is 0 Å². The summed E-state index contributed by atoms with van der Waals surface area (Å²) in [4.78, 5) is 37.5. The molecule has 0 spiro atoms. The summed E-state index contributed by atoms with van der Waals surface area (Å²) in [5.41, 5.74) is 4.97. The first-order valence-corrected chi connectivity index (χ1v) is 8.14. The normalized spacial score (nSPS) is 14.5.